The van der Waals surface area contributed by atoms with Crippen LogP contribution in [0.2, 0.25) is 0 Å². The Morgan fingerprint density at radius 1 is 1.56 bits per heavy atom. The molecule has 0 amide bonds. The van der Waals surface area contributed by atoms with Gasteiger partial charge in [0.2, 0.25) is 0 Å². The minimum absolute atomic E-state index is 0.742. The number of halogens is 1. The summed E-state index contributed by atoms with van der Waals surface area (Å²) in [6, 6.07) is 2.11. The van der Waals surface area contributed by atoms with Crippen molar-refractivity contribution in [2.75, 3.05) is 11.9 Å². The highest BCUT2D eigenvalue weighted by molar-refractivity contribution is 9.11. The smallest absolute Gasteiger partial charge is 0.186 e. The molecule has 0 saturated carbocycles. The molecule has 0 unspecified atom stereocenters. The van der Waals surface area contributed by atoms with Crippen LogP contribution in [-0.4, -0.2) is 18.3 Å². The molecule has 0 aliphatic carbocycles. The molecule has 0 spiro atoms. The molecule has 0 saturated heterocycles. The zero-order valence-corrected chi connectivity index (χ0v) is 13.4. The van der Waals surface area contributed by atoms with Crippen LogP contribution in [0.25, 0.3) is 0 Å². The van der Waals surface area contributed by atoms with E-state index in [1.807, 2.05) is 14.0 Å². The third-order valence-electron chi connectivity index (χ3n) is 2.53. The minimum Gasteiger partial charge on any atom is -0.347 e. The average Bonchev–Trinajstić information content (AvgIpc) is 2.95. The van der Waals surface area contributed by atoms with Crippen LogP contribution in [0.1, 0.15) is 27.9 Å². The van der Waals surface area contributed by atoms with E-state index in [2.05, 4.69) is 37.3 Å². The lowest BCUT2D eigenvalue weighted by Gasteiger charge is -2.14. The summed E-state index contributed by atoms with van der Waals surface area (Å²) < 4.78 is 1.13. The number of hydrogen-bond acceptors (Lipinski definition) is 5. The number of thiazole rings is 1. The van der Waals surface area contributed by atoms with Gasteiger partial charge in [-0.1, -0.05) is 18.3 Å². The Kier molecular flexibility index (Phi) is 4.53. The zero-order chi connectivity index (χ0) is 13.1. The number of anilines is 1. The van der Waals surface area contributed by atoms with Crippen molar-refractivity contribution in [2.24, 2.45) is 0 Å². The molecule has 0 aliphatic rings. The molecule has 96 valence electrons. The lowest BCUT2D eigenvalue weighted by atomic mass is 10.3. The number of aryl methyl sites for hydroxylation is 1. The van der Waals surface area contributed by atoms with Crippen molar-refractivity contribution < 1.29 is 4.79 Å². The Hall–Kier alpha value is -0.720. The molecule has 2 aromatic heterocycles. The van der Waals surface area contributed by atoms with Crippen LogP contribution >= 0.6 is 38.6 Å². The molecule has 0 bridgehead atoms. The number of aromatic nitrogens is 1. The number of carbonyl (C=O) groups excluding carboxylic acids is 1. The fourth-order valence-electron chi connectivity index (χ4n) is 1.63. The molecular weight excluding hydrogens is 332 g/mol. The van der Waals surface area contributed by atoms with Crippen LogP contribution in [0.4, 0.5) is 5.13 Å². The normalized spacial score (nSPS) is 10.6. The molecule has 2 rings (SSSR count). The summed E-state index contributed by atoms with van der Waals surface area (Å²) in [5.41, 5.74) is 2.14. The second kappa shape index (κ2) is 5.95. The fraction of sp³-hybridized carbons (Fsp3) is 0.333. The molecule has 3 nitrogen and oxygen atoms in total. The maximum atomic E-state index is 10.9. The third kappa shape index (κ3) is 2.99. The van der Waals surface area contributed by atoms with Crippen LogP contribution in [-0.2, 0) is 13.0 Å². The van der Waals surface area contributed by atoms with E-state index < -0.39 is 0 Å². The van der Waals surface area contributed by atoms with Crippen molar-refractivity contribution in [2.45, 2.75) is 19.9 Å². The van der Waals surface area contributed by atoms with Gasteiger partial charge in [-0.05, 0) is 39.4 Å². The van der Waals surface area contributed by atoms with Crippen LogP contribution in [0.5, 0.6) is 0 Å². The van der Waals surface area contributed by atoms with Gasteiger partial charge in [0.25, 0.3) is 0 Å². The van der Waals surface area contributed by atoms with Crippen LogP contribution in [0.3, 0.4) is 0 Å². The van der Waals surface area contributed by atoms with Crippen molar-refractivity contribution in [3.05, 3.63) is 31.4 Å². The highest BCUT2D eigenvalue weighted by Gasteiger charge is 2.13. The molecule has 2 aromatic rings. The summed E-state index contributed by atoms with van der Waals surface area (Å²) in [4.78, 5) is 18.3. The SMILES string of the molecule is CCc1nc(N(C)Cc2csc(Br)c2)sc1C=O. The Morgan fingerprint density at radius 3 is 2.83 bits per heavy atom. The van der Waals surface area contributed by atoms with Crippen molar-refractivity contribution >= 4 is 50.0 Å². The van der Waals surface area contributed by atoms with Crippen LogP contribution in [0.15, 0.2) is 15.2 Å². The standard InChI is InChI=1S/C12H13BrN2OS2/c1-3-9-10(6-16)18-12(14-9)15(2)5-8-4-11(13)17-7-8/h4,6-7H,3,5H2,1-2H3. The van der Waals surface area contributed by atoms with Crippen LogP contribution < -0.4 is 4.90 Å². The first-order valence-corrected chi connectivity index (χ1v) is 8.02. The number of carbonyl (C=O) groups is 1. The maximum Gasteiger partial charge on any atom is 0.186 e. The number of hydrogen-bond donors (Lipinski definition) is 0. The predicted molar refractivity (Wildman–Crippen MR) is 81.0 cm³/mol. The second-order valence-corrected chi connectivity index (χ2v) is 7.19. The molecule has 2 heterocycles. The monoisotopic (exact) mass is 344 g/mol. The van der Waals surface area contributed by atoms with Crippen molar-refractivity contribution in [1.82, 2.24) is 4.98 Å². The first-order chi connectivity index (χ1) is 8.63. The van der Waals surface area contributed by atoms with Gasteiger partial charge >= 0.3 is 0 Å². The lowest BCUT2D eigenvalue weighted by Crippen LogP contribution is -2.15. The minimum atomic E-state index is 0.742. The first kappa shape index (κ1) is 13.7. The van der Waals surface area contributed by atoms with Crippen molar-refractivity contribution in [1.29, 1.82) is 0 Å². The third-order valence-corrected chi connectivity index (χ3v) is 5.22. The van der Waals surface area contributed by atoms with Crippen molar-refractivity contribution in [3.8, 4) is 0 Å². The van der Waals surface area contributed by atoms with E-state index in [1.54, 1.807) is 11.3 Å². The molecule has 18 heavy (non-hydrogen) atoms. The molecule has 0 fully saturated rings. The number of aldehydes is 1. The number of rotatable bonds is 5. The summed E-state index contributed by atoms with van der Waals surface area (Å²) >= 11 is 6.59. The van der Waals surface area contributed by atoms with Gasteiger partial charge in [0.05, 0.1) is 14.4 Å². The topological polar surface area (TPSA) is 33.2 Å². The Bertz CT molecular complexity index is 550. The van der Waals surface area contributed by atoms with E-state index in [-0.39, 0.29) is 0 Å². The molecule has 0 aromatic carbocycles. The summed E-state index contributed by atoms with van der Waals surface area (Å²) in [6.45, 7) is 2.82. The summed E-state index contributed by atoms with van der Waals surface area (Å²) in [6.07, 6.45) is 1.69. The quantitative estimate of drug-likeness (QED) is 0.769. The average molecular weight is 345 g/mol. The van der Waals surface area contributed by atoms with Gasteiger partial charge in [0, 0.05) is 13.6 Å². The Morgan fingerprint density at radius 2 is 2.33 bits per heavy atom. The van der Waals surface area contributed by atoms with E-state index in [9.17, 15) is 4.79 Å². The van der Waals surface area contributed by atoms with Crippen LogP contribution in [0, 0.1) is 0 Å². The van der Waals surface area contributed by atoms with E-state index in [0.29, 0.717) is 0 Å². The van der Waals surface area contributed by atoms with Crippen molar-refractivity contribution in [3.63, 3.8) is 0 Å². The number of thiophene rings is 1. The first-order valence-electron chi connectivity index (χ1n) is 5.53. The van der Waals surface area contributed by atoms with E-state index in [0.717, 1.165) is 38.7 Å². The maximum absolute atomic E-state index is 10.9. The predicted octanol–water partition coefficient (Wildman–Crippen LogP) is 3.98. The van der Waals surface area contributed by atoms with E-state index in [1.165, 1.54) is 16.9 Å². The Labute approximate surface area is 123 Å². The van der Waals surface area contributed by atoms with Gasteiger partial charge in [-0.15, -0.1) is 11.3 Å². The highest BCUT2D eigenvalue weighted by Crippen LogP contribution is 2.27. The van der Waals surface area contributed by atoms with E-state index in [4.69, 9.17) is 0 Å². The van der Waals surface area contributed by atoms with Gasteiger partial charge in [0.1, 0.15) is 0 Å². The summed E-state index contributed by atoms with van der Waals surface area (Å²) in [5, 5.41) is 3.02. The van der Waals surface area contributed by atoms with E-state index >= 15 is 0 Å². The summed E-state index contributed by atoms with van der Waals surface area (Å²) in [7, 11) is 2.00. The molecule has 0 radical (unpaired) electrons. The summed E-state index contributed by atoms with van der Waals surface area (Å²) in [5.74, 6) is 0. The molecule has 0 N–H and O–H groups in total. The molecule has 0 atom stereocenters. The second-order valence-electron chi connectivity index (χ2n) is 3.89. The van der Waals surface area contributed by atoms with Gasteiger partial charge < -0.3 is 4.90 Å². The number of nitrogens with zero attached hydrogens (tertiary/aromatic N) is 2. The lowest BCUT2D eigenvalue weighted by molar-refractivity contribution is 0.112. The zero-order valence-electron chi connectivity index (χ0n) is 10.1. The largest absolute Gasteiger partial charge is 0.347 e. The Balaban J connectivity index is 2.15. The molecule has 6 heteroatoms. The fourth-order valence-corrected chi connectivity index (χ4v) is 3.76. The van der Waals surface area contributed by atoms with Gasteiger partial charge in [-0.2, -0.15) is 0 Å². The van der Waals surface area contributed by atoms with Gasteiger partial charge in [-0.3, -0.25) is 4.79 Å². The molecule has 0 aliphatic heterocycles. The van der Waals surface area contributed by atoms with Gasteiger partial charge in [-0.25, -0.2) is 4.98 Å². The molecular formula is C12H13BrN2OS2. The highest BCUT2D eigenvalue weighted by atomic mass is 79.9. The van der Waals surface area contributed by atoms with Gasteiger partial charge in [0.15, 0.2) is 11.4 Å².